The zero-order valence-corrected chi connectivity index (χ0v) is 14.9. The molecule has 1 N–H and O–H groups in total. The number of rotatable bonds is 8. The van der Waals surface area contributed by atoms with Crippen LogP contribution in [0.15, 0.2) is 30.3 Å². The van der Waals surface area contributed by atoms with Gasteiger partial charge in [0, 0.05) is 19.1 Å². The van der Waals surface area contributed by atoms with E-state index in [-0.39, 0.29) is 12.2 Å². The van der Waals surface area contributed by atoms with E-state index in [2.05, 4.69) is 19.2 Å². The smallest absolute Gasteiger partial charge is 0.410 e. The predicted octanol–water partition coefficient (Wildman–Crippen LogP) is 3.19. The molecule has 1 aromatic carbocycles. The quantitative estimate of drug-likeness (QED) is 0.793. The Morgan fingerprint density at radius 2 is 2.21 bits per heavy atom. The highest BCUT2D eigenvalue weighted by molar-refractivity contribution is 5.67. The number of morpholine rings is 1. The maximum atomic E-state index is 12.2. The van der Waals surface area contributed by atoms with Gasteiger partial charge in [-0.2, -0.15) is 0 Å². The largest absolute Gasteiger partial charge is 0.445 e. The molecule has 1 saturated heterocycles. The monoisotopic (exact) mass is 334 g/mol. The van der Waals surface area contributed by atoms with Crippen LogP contribution in [0, 0.1) is 0 Å². The van der Waals surface area contributed by atoms with Crippen molar-refractivity contribution in [1.29, 1.82) is 0 Å². The number of nitrogens with one attached hydrogen (secondary N) is 1. The number of ether oxygens (including phenoxy) is 2. The highest BCUT2D eigenvalue weighted by Gasteiger charge is 2.25. The molecular formula is C19H30N2O3. The minimum Gasteiger partial charge on any atom is -0.445 e. The lowest BCUT2D eigenvalue weighted by atomic mass is 10.1. The second-order valence-electron chi connectivity index (χ2n) is 6.43. The van der Waals surface area contributed by atoms with Gasteiger partial charge in [0.1, 0.15) is 6.61 Å². The highest BCUT2D eigenvalue weighted by Crippen LogP contribution is 2.09. The molecule has 0 bridgehead atoms. The SMILES string of the molecule is CCCCC(C)NCC1CN(C(=O)OCc2ccccc2)CCO1. The molecule has 1 aromatic rings. The number of unbranched alkanes of at least 4 members (excludes halogenated alkanes) is 1. The third-order valence-electron chi connectivity index (χ3n) is 4.29. The van der Waals surface area contributed by atoms with Crippen LogP contribution in [0.4, 0.5) is 4.79 Å². The van der Waals surface area contributed by atoms with Crippen LogP contribution in [0.3, 0.4) is 0 Å². The van der Waals surface area contributed by atoms with E-state index in [1.165, 1.54) is 19.3 Å². The summed E-state index contributed by atoms with van der Waals surface area (Å²) < 4.78 is 11.2. The van der Waals surface area contributed by atoms with Crippen molar-refractivity contribution in [3.05, 3.63) is 35.9 Å². The zero-order valence-electron chi connectivity index (χ0n) is 14.9. The summed E-state index contributed by atoms with van der Waals surface area (Å²) in [5.41, 5.74) is 1.00. The number of carbonyl (C=O) groups excluding carboxylic acids is 1. The van der Waals surface area contributed by atoms with E-state index in [9.17, 15) is 4.79 Å². The molecule has 0 saturated carbocycles. The van der Waals surface area contributed by atoms with Crippen LogP contribution in [-0.4, -0.2) is 49.4 Å². The van der Waals surface area contributed by atoms with Gasteiger partial charge in [-0.3, -0.25) is 0 Å². The Bertz CT molecular complexity index is 481. The van der Waals surface area contributed by atoms with E-state index in [4.69, 9.17) is 9.47 Å². The number of nitrogens with zero attached hydrogens (tertiary/aromatic N) is 1. The topological polar surface area (TPSA) is 50.8 Å². The number of hydrogen-bond acceptors (Lipinski definition) is 4. The first-order chi connectivity index (χ1) is 11.7. The van der Waals surface area contributed by atoms with E-state index < -0.39 is 0 Å². The maximum absolute atomic E-state index is 12.2. The van der Waals surface area contributed by atoms with Gasteiger partial charge in [0.2, 0.25) is 0 Å². The first-order valence-corrected chi connectivity index (χ1v) is 8.99. The fraction of sp³-hybridized carbons (Fsp3) is 0.632. The molecule has 2 unspecified atom stereocenters. The summed E-state index contributed by atoms with van der Waals surface area (Å²) in [6, 6.07) is 10.2. The molecule has 0 radical (unpaired) electrons. The van der Waals surface area contributed by atoms with Gasteiger partial charge in [0.25, 0.3) is 0 Å². The van der Waals surface area contributed by atoms with Crippen molar-refractivity contribution in [3.63, 3.8) is 0 Å². The van der Waals surface area contributed by atoms with Crippen molar-refractivity contribution >= 4 is 6.09 Å². The molecule has 2 rings (SSSR count). The van der Waals surface area contributed by atoms with Crippen LogP contribution in [0.5, 0.6) is 0 Å². The normalized spacial score (nSPS) is 19.1. The van der Waals surface area contributed by atoms with Crippen LogP contribution < -0.4 is 5.32 Å². The van der Waals surface area contributed by atoms with Gasteiger partial charge >= 0.3 is 6.09 Å². The Kier molecular flexibility index (Phi) is 8.05. The van der Waals surface area contributed by atoms with Crippen LogP contribution in [0.1, 0.15) is 38.7 Å². The van der Waals surface area contributed by atoms with Crippen LogP contribution >= 0.6 is 0 Å². The van der Waals surface area contributed by atoms with Gasteiger partial charge in [-0.1, -0.05) is 50.1 Å². The number of carbonyl (C=O) groups is 1. The van der Waals surface area contributed by atoms with Gasteiger partial charge < -0.3 is 19.7 Å². The summed E-state index contributed by atoms with van der Waals surface area (Å²) in [5.74, 6) is 0. The molecule has 0 aliphatic carbocycles. The van der Waals surface area contributed by atoms with Gasteiger partial charge in [-0.05, 0) is 18.9 Å². The average Bonchev–Trinajstić information content (AvgIpc) is 2.63. The van der Waals surface area contributed by atoms with E-state index in [1.807, 2.05) is 30.3 Å². The van der Waals surface area contributed by atoms with E-state index in [0.717, 1.165) is 12.1 Å². The molecule has 1 fully saturated rings. The molecule has 0 spiro atoms. The Hall–Kier alpha value is -1.59. The zero-order chi connectivity index (χ0) is 17.2. The molecule has 0 aromatic heterocycles. The van der Waals surface area contributed by atoms with Crippen molar-refractivity contribution in [2.45, 2.75) is 51.9 Å². The van der Waals surface area contributed by atoms with Crippen molar-refractivity contribution < 1.29 is 14.3 Å². The molecule has 134 valence electrons. The molecule has 24 heavy (non-hydrogen) atoms. The van der Waals surface area contributed by atoms with E-state index in [1.54, 1.807) is 4.90 Å². The van der Waals surface area contributed by atoms with Gasteiger partial charge in [-0.15, -0.1) is 0 Å². The molecular weight excluding hydrogens is 304 g/mol. The van der Waals surface area contributed by atoms with Crippen molar-refractivity contribution in [3.8, 4) is 0 Å². The first kappa shape index (κ1) is 18.7. The summed E-state index contributed by atoms with van der Waals surface area (Å²) in [6.45, 7) is 7.23. The molecule has 1 aliphatic heterocycles. The van der Waals surface area contributed by atoms with Crippen molar-refractivity contribution in [2.24, 2.45) is 0 Å². The lowest BCUT2D eigenvalue weighted by Crippen LogP contribution is -2.50. The summed E-state index contributed by atoms with van der Waals surface area (Å²) in [6.07, 6.45) is 3.40. The van der Waals surface area contributed by atoms with Crippen LogP contribution in [-0.2, 0) is 16.1 Å². The Morgan fingerprint density at radius 1 is 1.42 bits per heavy atom. The molecule has 1 heterocycles. The van der Waals surface area contributed by atoms with Crippen LogP contribution in [0.2, 0.25) is 0 Å². The van der Waals surface area contributed by atoms with Crippen LogP contribution in [0.25, 0.3) is 0 Å². The Balaban J connectivity index is 1.70. The molecule has 5 heteroatoms. The molecule has 2 atom stereocenters. The lowest BCUT2D eigenvalue weighted by molar-refractivity contribution is -0.0279. The van der Waals surface area contributed by atoms with Crippen molar-refractivity contribution in [2.75, 3.05) is 26.2 Å². The maximum Gasteiger partial charge on any atom is 0.410 e. The minimum atomic E-state index is -0.258. The number of hydrogen-bond donors (Lipinski definition) is 1. The second-order valence-corrected chi connectivity index (χ2v) is 6.43. The molecule has 1 aliphatic rings. The van der Waals surface area contributed by atoms with Gasteiger partial charge in [0.05, 0.1) is 19.3 Å². The predicted molar refractivity (Wildman–Crippen MR) is 94.9 cm³/mol. The van der Waals surface area contributed by atoms with E-state index in [0.29, 0.717) is 32.3 Å². The lowest BCUT2D eigenvalue weighted by Gasteiger charge is -2.33. The minimum absolute atomic E-state index is 0.0344. The summed E-state index contributed by atoms with van der Waals surface area (Å²) in [4.78, 5) is 14.0. The second kappa shape index (κ2) is 10.3. The van der Waals surface area contributed by atoms with E-state index >= 15 is 0 Å². The number of amides is 1. The summed E-state index contributed by atoms with van der Waals surface area (Å²) in [5, 5.41) is 3.50. The third kappa shape index (κ3) is 6.49. The standard InChI is InChI=1S/C19H30N2O3/c1-3-4-8-16(2)20-13-18-14-21(11-12-23-18)19(22)24-15-17-9-6-5-7-10-17/h5-7,9-10,16,18,20H,3-4,8,11-15H2,1-2H3. The highest BCUT2D eigenvalue weighted by atomic mass is 16.6. The fourth-order valence-corrected chi connectivity index (χ4v) is 2.76. The third-order valence-corrected chi connectivity index (χ3v) is 4.29. The molecule has 5 nitrogen and oxygen atoms in total. The summed E-state index contributed by atoms with van der Waals surface area (Å²) in [7, 11) is 0. The molecule has 1 amide bonds. The van der Waals surface area contributed by atoms with Gasteiger partial charge in [-0.25, -0.2) is 4.79 Å². The fourth-order valence-electron chi connectivity index (χ4n) is 2.76. The van der Waals surface area contributed by atoms with Crippen molar-refractivity contribution in [1.82, 2.24) is 10.2 Å². The average molecular weight is 334 g/mol. The Morgan fingerprint density at radius 3 is 2.96 bits per heavy atom. The first-order valence-electron chi connectivity index (χ1n) is 8.99. The van der Waals surface area contributed by atoms with Gasteiger partial charge in [0.15, 0.2) is 0 Å². The number of benzene rings is 1. The Labute approximate surface area is 145 Å². The summed E-state index contributed by atoms with van der Waals surface area (Å²) >= 11 is 0.